The number of hydrogen-bond acceptors (Lipinski definition) is 4. The van der Waals surface area contributed by atoms with E-state index in [0.717, 1.165) is 17.1 Å². The van der Waals surface area contributed by atoms with Crippen molar-refractivity contribution in [1.29, 1.82) is 0 Å². The minimum absolute atomic E-state index is 0.163. The zero-order valence-corrected chi connectivity index (χ0v) is 11.1. The van der Waals surface area contributed by atoms with Crippen LogP contribution in [0.3, 0.4) is 0 Å². The summed E-state index contributed by atoms with van der Waals surface area (Å²) in [5, 5.41) is 9.29. The molecule has 0 spiro atoms. The van der Waals surface area contributed by atoms with Crippen LogP contribution in [0.15, 0.2) is 12.1 Å². The minimum atomic E-state index is 0.163. The summed E-state index contributed by atoms with van der Waals surface area (Å²) in [6.45, 7) is 3.30. The van der Waals surface area contributed by atoms with Gasteiger partial charge in [-0.3, -0.25) is 0 Å². The predicted octanol–water partition coefficient (Wildman–Crippen LogP) is 1.59. The van der Waals surface area contributed by atoms with Gasteiger partial charge in [0.25, 0.3) is 0 Å². The maximum absolute atomic E-state index is 9.29. The maximum Gasteiger partial charge on any atom is 0.133 e. The molecule has 0 aliphatic heterocycles. The molecule has 100 valence electrons. The maximum atomic E-state index is 9.29. The number of rotatable bonds is 5. The van der Waals surface area contributed by atoms with Crippen LogP contribution < -0.4 is 10.6 Å². The SMILES string of the molecule is Cc1ccc(CN)c(N(CCO)C2CCCC2)n1. The second-order valence-electron chi connectivity index (χ2n) is 4.99. The summed E-state index contributed by atoms with van der Waals surface area (Å²) in [7, 11) is 0. The zero-order valence-electron chi connectivity index (χ0n) is 11.1. The van der Waals surface area contributed by atoms with Crippen LogP contribution in [0, 0.1) is 6.92 Å². The molecule has 1 heterocycles. The molecule has 1 aliphatic rings. The van der Waals surface area contributed by atoms with Gasteiger partial charge in [-0.05, 0) is 25.8 Å². The highest BCUT2D eigenvalue weighted by molar-refractivity contribution is 5.49. The predicted molar refractivity (Wildman–Crippen MR) is 73.6 cm³/mol. The monoisotopic (exact) mass is 249 g/mol. The number of hydrogen-bond donors (Lipinski definition) is 2. The lowest BCUT2D eigenvalue weighted by Crippen LogP contribution is -2.37. The zero-order chi connectivity index (χ0) is 13.0. The molecule has 0 aromatic carbocycles. The topological polar surface area (TPSA) is 62.4 Å². The van der Waals surface area contributed by atoms with E-state index in [1.54, 1.807) is 0 Å². The molecule has 1 aromatic heterocycles. The van der Waals surface area contributed by atoms with Crippen molar-refractivity contribution in [3.05, 3.63) is 23.4 Å². The molecule has 1 saturated carbocycles. The van der Waals surface area contributed by atoms with Gasteiger partial charge in [-0.2, -0.15) is 0 Å². The summed E-state index contributed by atoms with van der Waals surface area (Å²) in [5.74, 6) is 0.971. The Balaban J connectivity index is 2.31. The van der Waals surface area contributed by atoms with Crippen LogP contribution in [0.2, 0.25) is 0 Å². The molecule has 0 bridgehead atoms. The van der Waals surface area contributed by atoms with Gasteiger partial charge >= 0.3 is 0 Å². The van der Waals surface area contributed by atoms with Gasteiger partial charge in [0.2, 0.25) is 0 Å². The van der Waals surface area contributed by atoms with Gasteiger partial charge in [0.1, 0.15) is 5.82 Å². The van der Waals surface area contributed by atoms with Crippen molar-refractivity contribution in [2.45, 2.75) is 45.2 Å². The molecular formula is C14H23N3O. The molecule has 0 amide bonds. The molecule has 0 unspecified atom stereocenters. The largest absolute Gasteiger partial charge is 0.395 e. The van der Waals surface area contributed by atoms with Crippen molar-refractivity contribution in [1.82, 2.24) is 4.98 Å². The summed E-state index contributed by atoms with van der Waals surface area (Å²) in [6.07, 6.45) is 4.94. The molecule has 18 heavy (non-hydrogen) atoms. The van der Waals surface area contributed by atoms with Gasteiger partial charge in [-0.25, -0.2) is 4.98 Å². The number of aliphatic hydroxyl groups excluding tert-OH is 1. The van der Waals surface area contributed by atoms with Crippen molar-refractivity contribution < 1.29 is 5.11 Å². The molecule has 1 fully saturated rings. The minimum Gasteiger partial charge on any atom is -0.395 e. The van der Waals surface area contributed by atoms with Crippen LogP contribution in [0.5, 0.6) is 0 Å². The molecule has 0 saturated heterocycles. The average molecular weight is 249 g/mol. The molecule has 3 N–H and O–H groups in total. The Kier molecular flexibility index (Phi) is 4.55. The third kappa shape index (κ3) is 2.82. The second kappa shape index (κ2) is 6.16. The first-order chi connectivity index (χ1) is 8.76. The van der Waals surface area contributed by atoms with E-state index in [1.165, 1.54) is 25.7 Å². The lowest BCUT2D eigenvalue weighted by atomic mass is 10.1. The van der Waals surface area contributed by atoms with E-state index in [1.807, 2.05) is 13.0 Å². The quantitative estimate of drug-likeness (QED) is 0.832. The highest BCUT2D eigenvalue weighted by atomic mass is 16.3. The number of aliphatic hydroxyl groups is 1. The molecule has 1 aromatic rings. The Morgan fingerprint density at radius 2 is 2.11 bits per heavy atom. The van der Waals surface area contributed by atoms with Gasteiger partial charge in [-0.1, -0.05) is 18.9 Å². The van der Waals surface area contributed by atoms with E-state index in [4.69, 9.17) is 5.73 Å². The number of aromatic nitrogens is 1. The van der Waals surface area contributed by atoms with Crippen LogP contribution in [0.25, 0.3) is 0 Å². The first-order valence-electron chi connectivity index (χ1n) is 6.80. The summed E-state index contributed by atoms with van der Waals surface area (Å²) in [6, 6.07) is 4.56. The molecule has 0 atom stereocenters. The lowest BCUT2D eigenvalue weighted by molar-refractivity contribution is 0.296. The smallest absolute Gasteiger partial charge is 0.133 e. The molecule has 1 aliphatic carbocycles. The normalized spacial score (nSPS) is 16.2. The number of pyridine rings is 1. The van der Waals surface area contributed by atoms with Gasteiger partial charge < -0.3 is 15.7 Å². The Morgan fingerprint density at radius 3 is 2.72 bits per heavy atom. The molecule has 0 radical (unpaired) electrons. The third-order valence-electron chi connectivity index (χ3n) is 3.69. The van der Waals surface area contributed by atoms with Crippen molar-refractivity contribution >= 4 is 5.82 Å². The standard InChI is InChI=1S/C14H23N3O/c1-11-6-7-12(10-15)14(16-11)17(8-9-18)13-4-2-3-5-13/h6-7,13,18H,2-5,8-10,15H2,1H3. The Morgan fingerprint density at radius 1 is 1.39 bits per heavy atom. The van der Waals surface area contributed by atoms with Crippen molar-refractivity contribution in [3.63, 3.8) is 0 Å². The Bertz CT molecular complexity index is 389. The Labute approximate surface area is 109 Å². The molecule has 4 heteroatoms. The van der Waals surface area contributed by atoms with Crippen LogP contribution in [-0.2, 0) is 6.54 Å². The van der Waals surface area contributed by atoms with Crippen molar-refractivity contribution in [3.8, 4) is 0 Å². The van der Waals surface area contributed by atoms with E-state index in [-0.39, 0.29) is 6.61 Å². The first-order valence-corrected chi connectivity index (χ1v) is 6.80. The van der Waals surface area contributed by atoms with Gasteiger partial charge in [0.15, 0.2) is 0 Å². The fraction of sp³-hybridized carbons (Fsp3) is 0.643. The van der Waals surface area contributed by atoms with E-state index in [0.29, 0.717) is 19.1 Å². The highest BCUT2D eigenvalue weighted by Gasteiger charge is 2.24. The van der Waals surface area contributed by atoms with Crippen molar-refractivity contribution in [2.24, 2.45) is 5.73 Å². The molecule has 4 nitrogen and oxygen atoms in total. The number of anilines is 1. The molecule has 2 rings (SSSR count). The van der Waals surface area contributed by atoms with Crippen LogP contribution in [0.4, 0.5) is 5.82 Å². The van der Waals surface area contributed by atoms with Crippen LogP contribution in [0.1, 0.15) is 36.9 Å². The fourth-order valence-corrected chi connectivity index (χ4v) is 2.76. The van der Waals surface area contributed by atoms with E-state index < -0.39 is 0 Å². The number of nitrogens with zero attached hydrogens (tertiary/aromatic N) is 2. The van der Waals surface area contributed by atoms with E-state index in [2.05, 4.69) is 16.0 Å². The van der Waals surface area contributed by atoms with E-state index in [9.17, 15) is 5.11 Å². The van der Waals surface area contributed by atoms with Gasteiger partial charge in [0.05, 0.1) is 6.61 Å². The number of aryl methyl sites for hydroxylation is 1. The summed E-state index contributed by atoms with van der Waals surface area (Å²) >= 11 is 0. The highest BCUT2D eigenvalue weighted by Crippen LogP contribution is 2.29. The Hall–Kier alpha value is -1.13. The van der Waals surface area contributed by atoms with E-state index >= 15 is 0 Å². The lowest BCUT2D eigenvalue weighted by Gasteiger charge is -2.31. The summed E-state index contributed by atoms with van der Waals surface area (Å²) in [4.78, 5) is 6.89. The fourth-order valence-electron chi connectivity index (χ4n) is 2.76. The van der Waals surface area contributed by atoms with Crippen LogP contribution >= 0.6 is 0 Å². The van der Waals surface area contributed by atoms with Gasteiger partial charge in [-0.15, -0.1) is 0 Å². The van der Waals surface area contributed by atoms with Crippen LogP contribution in [-0.4, -0.2) is 29.3 Å². The first kappa shape index (κ1) is 13.3. The molecular weight excluding hydrogens is 226 g/mol. The second-order valence-corrected chi connectivity index (χ2v) is 4.99. The average Bonchev–Trinajstić information content (AvgIpc) is 2.89. The van der Waals surface area contributed by atoms with Gasteiger partial charge in [0, 0.05) is 30.4 Å². The van der Waals surface area contributed by atoms with Crippen molar-refractivity contribution in [2.75, 3.05) is 18.1 Å². The summed E-state index contributed by atoms with van der Waals surface area (Å²) in [5.41, 5.74) is 7.88. The summed E-state index contributed by atoms with van der Waals surface area (Å²) < 4.78 is 0. The number of nitrogens with two attached hydrogens (primary N) is 1. The third-order valence-corrected chi connectivity index (χ3v) is 3.69.